The Kier molecular flexibility index (Phi) is 7.23. The summed E-state index contributed by atoms with van der Waals surface area (Å²) >= 11 is 1.44. The molecule has 0 atom stereocenters. The van der Waals surface area contributed by atoms with Crippen molar-refractivity contribution in [3.63, 3.8) is 0 Å². The molecule has 144 valence electrons. The summed E-state index contributed by atoms with van der Waals surface area (Å²) in [4.78, 5) is 32.3. The van der Waals surface area contributed by atoms with Gasteiger partial charge in [-0.1, -0.05) is 11.8 Å². The van der Waals surface area contributed by atoms with Crippen molar-refractivity contribution in [2.75, 3.05) is 18.2 Å². The van der Waals surface area contributed by atoms with Crippen LogP contribution in [-0.4, -0.2) is 34.7 Å². The average Bonchev–Trinajstić information content (AvgIpc) is 2.62. The molecule has 2 rings (SSSR count). The zero-order chi connectivity index (χ0) is 20.0. The number of thioether (sulfide) groups is 1. The van der Waals surface area contributed by atoms with E-state index < -0.39 is 30.1 Å². The topological polar surface area (TPSA) is 81.2 Å². The van der Waals surface area contributed by atoms with Crippen molar-refractivity contribution in [2.24, 2.45) is 0 Å². The number of rotatable bonds is 7. The van der Waals surface area contributed by atoms with Gasteiger partial charge in [0.25, 0.3) is 5.91 Å². The monoisotopic (exact) mass is 395 g/mol. The summed E-state index contributed by atoms with van der Waals surface area (Å²) in [6.45, 7) is 3.10. The third-order valence-corrected chi connectivity index (χ3v) is 4.28. The van der Waals surface area contributed by atoms with Gasteiger partial charge in [0.15, 0.2) is 11.8 Å². The summed E-state index contributed by atoms with van der Waals surface area (Å²) in [6, 6.07) is 2.68. The fraction of sp³-hybridized carbons (Fsp3) is 0.333. The molecule has 9 heteroatoms. The molecule has 1 aromatic carbocycles. The van der Waals surface area contributed by atoms with Gasteiger partial charge < -0.3 is 10.1 Å². The number of anilines is 1. The molecule has 1 amide bonds. The average molecular weight is 395 g/mol. The zero-order valence-electron chi connectivity index (χ0n) is 15.1. The summed E-state index contributed by atoms with van der Waals surface area (Å²) in [7, 11) is 0. The lowest BCUT2D eigenvalue weighted by atomic mass is 10.1. The summed E-state index contributed by atoms with van der Waals surface area (Å²) < 4.78 is 31.4. The Hall–Kier alpha value is -2.55. The van der Waals surface area contributed by atoms with Crippen molar-refractivity contribution < 1.29 is 23.1 Å². The van der Waals surface area contributed by atoms with Crippen molar-refractivity contribution >= 4 is 29.3 Å². The number of halogens is 2. The van der Waals surface area contributed by atoms with E-state index in [0.717, 1.165) is 35.2 Å². The zero-order valence-corrected chi connectivity index (χ0v) is 16.0. The van der Waals surface area contributed by atoms with Gasteiger partial charge in [-0.25, -0.2) is 18.7 Å². The number of hydrogen-bond donors (Lipinski definition) is 1. The van der Waals surface area contributed by atoms with Crippen LogP contribution < -0.4 is 5.32 Å². The number of hydrogen-bond acceptors (Lipinski definition) is 6. The van der Waals surface area contributed by atoms with E-state index >= 15 is 0 Å². The minimum absolute atomic E-state index is 0.0469. The summed E-state index contributed by atoms with van der Waals surface area (Å²) in [5, 5.41) is 2.82. The molecule has 1 heterocycles. The highest BCUT2D eigenvalue weighted by molar-refractivity contribution is 7.98. The minimum Gasteiger partial charge on any atom is -0.456 e. The van der Waals surface area contributed by atoms with E-state index in [-0.39, 0.29) is 12.1 Å². The first-order chi connectivity index (χ1) is 12.8. The van der Waals surface area contributed by atoms with Crippen LogP contribution in [0.1, 0.15) is 23.4 Å². The number of carbonyl (C=O) groups excluding carboxylic acids is 2. The first kappa shape index (κ1) is 20.8. The third-order valence-electron chi connectivity index (χ3n) is 3.73. The maximum atomic E-state index is 13.5. The molecule has 1 N–H and O–H groups in total. The van der Waals surface area contributed by atoms with Gasteiger partial charge in [0, 0.05) is 23.9 Å². The van der Waals surface area contributed by atoms with Crippen molar-refractivity contribution in [3.05, 3.63) is 46.8 Å². The van der Waals surface area contributed by atoms with Crippen molar-refractivity contribution in [1.29, 1.82) is 0 Å². The Bertz CT molecular complexity index is 839. The largest absolute Gasteiger partial charge is 0.456 e. The number of aryl methyl sites for hydroxylation is 2. The standard InChI is InChI=1S/C18H19F2N3O3S/c1-10-13(11(2)22-18(21-10)27-3)5-7-17(25)26-9-16(24)23-15-8-12(19)4-6-14(15)20/h4,6,8H,5,7,9H2,1-3H3,(H,23,24). The highest BCUT2D eigenvalue weighted by atomic mass is 32.2. The smallest absolute Gasteiger partial charge is 0.306 e. The Morgan fingerprint density at radius 2 is 1.85 bits per heavy atom. The van der Waals surface area contributed by atoms with Crippen molar-refractivity contribution in [2.45, 2.75) is 31.8 Å². The number of carbonyl (C=O) groups is 2. The SMILES string of the molecule is CSc1nc(C)c(CCC(=O)OCC(=O)Nc2cc(F)ccc2F)c(C)n1. The number of nitrogens with zero attached hydrogens (tertiary/aromatic N) is 2. The van der Waals surface area contributed by atoms with E-state index in [1.54, 1.807) is 0 Å². The van der Waals surface area contributed by atoms with E-state index in [9.17, 15) is 18.4 Å². The lowest BCUT2D eigenvalue weighted by molar-refractivity contribution is -0.147. The highest BCUT2D eigenvalue weighted by Gasteiger charge is 2.14. The lowest BCUT2D eigenvalue weighted by Crippen LogP contribution is -2.21. The molecule has 0 aliphatic heterocycles. The number of aromatic nitrogens is 2. The Balaban J connectivity index is 1.84. The number of esters is 1. The first-order valence-corrected chi connectivity index (χ1v) is 9.31. The molecule has 6 nitrogen and oxygen atoms in total. The number of nitrogens with one attached hydrogen (secondary N) is 1. The first-order valence-electron chi connectivity index (χ1n) is 8.08. The molecule has 27 heavy (non-hydrogen) atoms. The van der Waals surface area contributed by atoms with Gasteiger partial charge in [0.05, 0.1) is 5.69 Å². The molecular weight excluding hydrogens is 376 g/mol. The van der Waals surface area contributed by atoms with Crippen molar-refractivity contribution in [3.8, 4) is 0 Å². The van der Waals surface area contributed by atoms with E-state index in [4.69, 9.17) is 4.74 Å². The maximum Gasteiger partial charge on any atom is 0.306 e. The summed E-state index contributed by atoms with van der Waals surface area (Å²) in [5.74, 6) is -2.81. The van der Waals surface area contributed by atoms with Crippen LogP contribution in [0.2, 0.25) is 0 Å². The molecule has 1 aromatic heterocycles. The fourth-order valence-electron chi connectivity index (χ4n) is 2.39. The second-order valence-electron chi connectivity index (χ2n) is 5.69. The van der Waals surface area contributed by atoms with Gasteiger partial charge in [-0.05, 0) is 44.2 Å². The molecule has 0 saturated carbocycles. The van der Waals surface area contributed by atoms with Crippen LogP contribution in [0.5, 0.6) is 0 Å². The van der Waals surface area contributed by atoms with Gasteiger partial charge >= 0.3 is 5.97 Å². The van der Waals surface area contributed by atoms with Crippen LogP contribution in [0.4, 0.5) is 14.5 Å². The van der Waals surface area contributed by atoms with E-state index in [1.807, 2.05) is 20.1 Å². The van der Waals surface area contributed by atoms with Gasteiger partial charge in [-0.2, -0.15) is 0 Å². The van der Waals surface area contributed by atoms with Crippen LogP contribution in [0.3, 0.4) is 0 Å². The van der Waals surface area contributed by atoms with Crippen LogP contribution in [0.25, 0.3) is 0 Å². The molecule has 0 bridgehead atoms. The maximum absolute atomic E-state index is 13.5. The van der Waals surface area contributed by atoms with Gasteiger partial charge in [-0.15, -0.1) is 0 Å². The predicted molar refractivity (Wildman–Crippen MR) is 97.6 cm³/mol. The predicted octanol–water partition coefficient (Wildman–Crippen LogP) is 3.21. The fourth-order valence-corrected chi connectivity index (χ4v) is 2.84. The van der Waals surface area contributed by atoms with Crippen LogP contribution in [0.15, 0.2) is 23.4 Å². The summed E-state index contributed by atoms with van der Waals surface area (Å²) in [5.41, 5.74) is 2.13. The molecular formula is C18H19F2N3O3S. The molecule has 0 unspecified atom stereocenters. The minimum atomic E-state index is -0.782. The Morgan fingerprint density at radius 1 is 1.19 bits per heavy atom. The van der Waals surface area contributed by atoms with Crippen LogP contribution >= 0.6 is 11.8 Å². The van der Waals surface area contributed by atoms with E-state index in [0.29, 0.717) is 11.6 Å². The molecule has 0 fully saturated rings. The second-order valence-corrected chi connectivity index (χ2v) is 6.47. The number of ether oxygens (including phenoxy) is 1. The highest BCUT2D eigenvalue weighted by Crippen LogP contribution is 2.17. The Morgan fingerprint density at radius 3 is 2.48 bits per heavy atom. The number of benzene rings is 1. The molecule has 0 spiro atoms. The lowest BCUT2D eigenvalue weighted by Gasteiger charge is -2.10. The molecule has 2 aromatic rings. The third kappa shape index (κ3) is 5.99. The molecule has 0 aliphatic carbocycles. The van der Waals surface area contributed by atoms with Gasteiger partial charge in [0.2, 0.25) is 0 Å². The molecule has 0 radical (unpaired) electrons. The van der Waals surface area contributed by atoms with Gasteiger partial charge in [0.1, 0.15) is 11.6 Å². The normalized spacial score (nSPS) is 10.6. The Labute approximate surface area is 159 Å². The van der Waals surface area contributed by atoms with E-state index in [2.05, 4.69) is 15.3 Å². The number of amides is 1. The van der Waals surface area contributed by atoms with Gasteiger partial charge in [-0.3, -0.25) is 9.59 Å². The molecule has 0 aliphatic rings. The second kappa shape index (κ2) is 9.40. The molecule has 0 saturated heterocycles. The van der Waals surface area contributed by atoms with Crippen molar-refractivity contribution in [1.82, 2.24) is 9.97 Å². The van der Waals surface area contributed by atoms with E-state index in [1.165, 1.54) is 11.8 Å². The van der Waals surface area contributed by atoms with Crippen LogP contribution in [-0.2, 0) is 20.7 Å². The quantitative estimate of drug-likeness (QED) is 0.441. The summed E-state index contributed by atoms with van der Waals surface area (Å²) in [6.07, 6.45) is 2.31. The van der Waals surface area contributed by atoms with Crippen LogP contribution in [0, 0.1) is 25.5 Å².